The van der Waals surface area contributed by atoms with E-state index in [1.165, 1.54) is 0 Å². The van der Waals surface area contributed by atoms with Gasteiger partial charge in [-0.1, -0.05) is 30.0 Å². The van der Waals surface area contributed by atoms with Gasteiger partial charge < -0.3 is 4.74 Å². The zero-order chi connectivity index (χ0) is 15.2. The Kier molecular flexibility index (Phi) is 1.10. The Balaban J connectivity index is 2.44. The van der Waals surface area contributed by atoms with Gasteiger partial charge in [0, 0.05) is 17.6 Å². The molecule has 0 aliphatic carbocycles. The molecule has 1 heteroatoms. The summed E-state index contributed by atoms with van der Waals surface area (Å²) in [6.07, 6.45) is -8.51. The van der Waals surface area contributed by atoms with E-state index in [9.17, 15) is 0 Å². The molecule has 1 aromatic rings. The largest absolute Gasteiger partial charge is 0.366 e. The second-order valence-electron chi connectivity index (χ2n) is 2.40. The van der Waals surface area contributed by atoms with Gasteiger partial charge in [0.25, 0.3) is 0 Å². The lowest BCUT2D eigenvalue weighted by Crippen LogP contribution is -1.99. The maximum Gasteiger partial charge on any atom is 0.118 e. The van der Waals surface area contributed by atoms with Crippen molar-refractivity contribution in [3.63, 3.8) is 0 Å². The first-order valence-corrected chi connectivity index (χ1v) is 3.82. The van der Waals surface area contributed by atoms with Gasteiger partial charge >= 0.3 is 0 Å². The van der Waals surface area contributed by atoms with Gasteiger partial charge in [-0.15, -0.1) is 0 Å². The first-order chi connectivity index (χ1) is 9.04. The van der Waals surface area contributed by atoms with Crippen molar-refractivity contribution >= 4 is 0 Å². The summed E-state index contributed by atoms with van der Waals surface area (Å²) in [6.45, 7) is -2.93. The Morgan fingerprint density at radius 1 is 1.46 bits per heavy atom. The van der Waals surface area contributed by atoms with Crippen LogP contribution in [-0.4, -0.2) is 12.6 Å². The van der Waals surface area contributed by atoms with Gasteiger partial charge in [-0.25, -0.2) is 0 Å². The second-order valence-corrected chi connectivity index (χ2v) is 2.40. The molecule has 66 valence electrons. The molecule has 1 aromatic carbocycles. The Bertz CT molecular complexity index is 572. The predicted molar refractivity (Wildman–Crippen MR) is 52.3 cm³/mol. The summed E-state index contributed by atoms with van der Waals surface area (Å²) >= 11 is 0. The molecular formula is C12H12O. The van der Waals surface area contributed by atoms with Crippen LogP contribution in [0.2, 0.25) is 0 Å². The Hall–Kier alpha value is -1.26. The van der Waals surface area contributed by atoms with E-state index in [1.54, 1.807) is 30.3 Å². The van der Waals surface area contributed by atoms with E-state index in [-0.39, 0.29) is 0 Å². The molecule has 1 saturated heterocycles. The molecule has 0 bridgehead atoms. The number of hydrogen-bond donors (Lipinski definition) is 0. The first kappa shape index (κ1) is 3.48. The van der Waals surface area contributed by atoms with Crippen LogP contribution in [0.1, 0.15) is 27.9 Å². The summed E-state index contributed by atoms with van der Waals surface area (Å²) in [5, 5.41) is 0. The molecule has 1 nitrogen and oxygen atoms in total. The molecule has 0 N–H and O–H groups in total. The van der Waals surface area contributed by atoms with Gasteiger partial charge in [0.15, 0.2) is 0 Å². The van der Waals surface area contributed by atoms with Crippen molar-refractivity contribution in [2.75, 3.05) is 6.56 Å². The van der Waals surface area contributed by atoms with Crippen LogP contribution in [0.5, 0.6) is 0 Å². The van der Waals surface area contributed by atoms with E-state index >= 15 is 0 Å². The number of benzene rings is 1. The summed E-state index contributed by atoms with van der Waals surface area (Å²) in [5.74, 6) is 4.74. The molecule has 1 fully saturated rings. The lowest BCUT2D eigenvalue weighted by Gasteiger charge is -1.96. The normalized spacial score (nSPS) is 46.0. The number of rotatable bonds is 0. The lowest BCUT2D eigenvalue weighted by atomic mass is 10.2. The third-order valence-corrected chi connectivity index (χ3v) is 1.47. The van der Waals surface area contributed by atoms with Crippen LogP contribution in [0.3, 0.4) is 0 Å². The molecule has 2 rings (SSSR count). The van der Waals surface area contributed by atoms with Crippen molar-refractivity contribution in [2.45, 2.75) is 18.8 Å². The van der Waals surface area contributed by atoms with E-state index in [2.05, 4.69) is 16.6 Å². The van der Waals surface area contributed by atoms with Crippen LogP contribution < -0.4 is 0 Å². The van der Waals surface area contributed by atoms with Crippen molar-refractivity contribution in [1.82, 2.24) is 0 Å². The van der Waals surface area contributed by atoms with Crippen LogP contribution >= 0.6 is 0 Å². The van der Waals surface area contributed by atoms with Crippen molar-refractivity contribution in [3.8, 4) is 11.8 Å². The number of hydrogen-bond acceptors (Lipinski definition) is 1. The van der Waals surface area contributed by atoms with Gasteiger partial charge in [-0.05, 0) is 24.9 Å². The zero-order valence-corrected chi connectivity index (χ0v) is 6.79. The van der Waals surface area contributed by atoms with Crippen molar-refractivity contribution in [1.29, 1.82) is 0 Å². The average molecular weight is 179 g/mol. The molecular weight excluding hydrogens is 160 g/mol. The summed E-state index contributed by atoms with van der Waals surface area (Å²) in [4.78, 5) is 0. The predicted octanol–water partition coefficient (Wildman–Crippen LogP) is 2.22. The molecule has 0 radical (unpaired) electrons. The van der Waals surface area contributed by atoms with Crippen LogP contribution in [0, 0.1) is 11.8 Å². The minimum Gasteiger partial charge on any atom is -0.366 e. The molecule has 13 heavy (non-hydrogen) atoms. The molecule has 1 atom stereocenters. The third-order valence-electron chi connectivity index (χ3n) is 1.47. The van der Waals surface area contributed by atoms with Crippen LogP contribution in [0.25, 0.3) is 0 Å². The van der Waals surface area contributed by atoms with Gasteiger partial charge in [0.1, 0.15) is 6.08 Å². The molecule has 0 spiro atoms. The fourth-order valence-corrected chi connectivity index (χ4v) is 0.892. The standard InChI is InChI=1S/C12H12O/c1-2-5-11(6-3-1)8-9-12-7-4-10-13-12/h1-3,5-6,12H,4,7,10H2/i4D2,7D2,10D2,12D. The quantitative estimate of drug-likeness (QED) is 0.555. The van der Waals surface area contributed by atoms with Crippen LogP contribution in [0.4, 0.5) is 0 Å². The van der Waals surface area contributed by atoms with Gasteiger partial charge in [0.05, 0.1) is 4.11 Å². The fraction of sp³-hybridized carbons (Fsp3) is 0.333. The molecule has 0 saturated carbocycles. The van der Waals surface area contributed by atoms with E-state index < -0.39 is 25.4 Å². The van der Waals surface area contributed by atoms with E-state index in [0.717, 1.165) is 0 Å². The van der Waals surface area contributed by atoms with Crippen LogP contribution in [-0.2, 0) is 4.74 Å². The van der Waals surface area contributed by atoms with Crippen molar-refractivity contribution in [2.24, 2.45) is 0 Å². The highest BCUT2D eigenvalue weighted by atomic mass is 16.5. The second kappa shape index (κ2) is 4.11. The Morgan fingerprint density at radius 2 is 2.31 bits per heavy atom. The van der Waals surface area contributed by atoms with Crippen LogP contribution in [0.15, 0.2) is 30.3 Å². The SMILES string of the molecule is [2H]C1([2H])OC([2H])(C#Cc2ccccc2)C([2H])([2H])C1([2H])[2H]. The summed E-state index contributed by atoms with van der Waals surface area (Å²) < 4.78 is 57.9. The Morgan fingerprint density at radius 3 is 3.00 bits per heavy atom. The molecule has 1 aliphatic heterocycles. The topological polar surface area (TPSA) is 9.23 Å². The van der Waals surface area contributed by atoms with Gasteiger partial charge in [-0.3, -0.25) is 0 Å². The first-order valence-electron chi connectivity index (χ1n) is 7.32. The monoisotopic (exact) mass is 179 g/mol. The number of ether oxygens (including phenoxy) is 1. The minimum atomic E-state index is -2.98. The van der Waals surface area contributed by atoms with Crippen molar-refractivity contribution < 1.29 is 14.3 Å². The smallest absolute Gasteiger partial charge is 0.118 e. The molecule has 1 heterocycles. The van der Waals surface area contributed by atoms with Gasteiger partial charge in [0.2, 0.25) is 0 Å². The minimum absolute atomic E-state index is 0.506. The van der Waals surface area contributed by atoms with Gasteiger partial charge in [-0.2, -0.15) is 0 Å². The zero-order valence-electron chi connectivity index (χ0n) is 13.8. The third kappa shape index (κ3) is 2.34. The van der Waals surface area contributed by atoms with E-state index in [1.807, 2.05) is 0 Å². The van der Waals surface area contributed by atoms with E-state index in [4.69, 9.17) is 9.60 Å². The molecule has 1 unspecified atom stereocenters. The summed E-state index contributed by atoms with van der Waals surface area (Å²) in [6, 6.07) is 8.48. The average Bonchev–Trinajstić information content (AvgIpc) is 2.45. The fourth-order valence-electron chi connectivity index (χ4n) is 0.892. The molecule has 0 amide bonds. The molecule has 0 aromatic heterocycles. The van der Waals surface area contributed by atoms with E-state index in [0.29, 0.717) is 5.56 Å². The van der Waals surface area contributed by atoms with Crippen molar-refractivity contribution in [3.05, 3.63) is 35.9 Å². The lowest BCUT2D eigenvalue weighted by molar-refractivity contribution is 0.152. The highest BCUT2D eigenvalue weighted by molar-refractivity contribution is 5.34. The maximum absolute atomic E-state index is 7.89. The highest BCUT2D eigenvalue weighted by Gasteiger charge is 2.11. The Labute approximate surface area is 88.6 Å². The highest BCUT2D eigenvalue weighted by Crippen LogP contribution is 2.10. The summed E-state index contributed by atoms with van der Waals surface area (Å²) in [7, 11) is 0. The maximum atomic E-state index is 7.89. The molecule has 1 aliphatic rings. The summed E-state index contributed by atoms with van der Waals surface area (Å²) in [5.41, 5.74) is 0.506.